The summed E-state index contributed by atoms with van der Waals surface area (Å²) in [7, 11) is 0. The van der Waals surface area contributed by atoms with Crippen LogP contribution in [0.5, 0.6) is 0 Å². The van der Waals surface area contributed by atoms with Crippen molar-refractivity contribution < 1.29 is 0 Å². The van der Waals surface area contributed by atoms with E-state index in [2.05, 4.69) is 80.0 Å². The van der Waals surface area contributed by atoms with Crippen molar-refractivity contribution in [3.63, 3.8) is 0 Å². The number of benzene rings is 5. The molecule has 0 bridgehead atoms. The first kappa shape index (κ1) is 29.0. The minimum absolute atomic E-state index is 0.771. The lowest BCUT2D eigenvalue weighted by Crippen LogP contribution is -1.98. The van der Waals surface area contributed by atoms with Crippen LogP contribution in [0.3, 0.4) is 0 Å². The van der Waals surface area contributed by atoms with Crippen LogP contribution in [0.2, 0.25) is 0 Å². The number of hydrogen-bond acceptors (Lipinski definition) is 7. The zero-order valence-electron chi connectivity index (χ0n) is 25.5. The van der Waals surface area contributed by atoms with Crippen molar-refractivity contribution in [3.05, 3.63) is 157 Å². The number of thiol groups is 1. The van der Waals surface area contributed by atoms with Crippen LogP contribution >= 0.6 is 12.6 Å². The molecular weight excluding hydrogens is 615 g/mol. The van der Waals surface area contributed by atoms with Gasteiger partial charge in [-0.25, -0.2) is 14.0 Å². The van der Waals surface area contributed by atoms with Crippen LogP contribution in [-0.4, -0.2) is 45.0 Å². The van der Waals surface area contributed by atoms with Crippen LogP contribution in [0.25, 0.3) is 63.0 Å². The highest BCUT2D eigenvalue weighted by atomic mass is 32.1. The molecule has 0 spiro atoms. The molecular formula is C38H27N9S. The number of nitrogens with zero attached hydrogens (tertiary/aromatic N) is 9. The average Bonchev–Trinajstić information content (AvgIpc) is 3.95. The van der Waals surface area contributed by atoms with Crippen molar-refractivity contribution in [2.45, 2.75) is 4.90 Å². The molecule has 0 unspecified atom stereocenters. The highest BCUT2D eigenvalue weighted by molar-refractivity contribution is 7.80. The summed E-state index contributed by atoms with van der Waals surface area (Å²) in [6.07, 6.45) is 9.94. The van der Waals surface area contributed by atoms with Gasteiger partial charge in [0.2, 0.25) is 0 Å². The van der Waals surface area contributed by atoms with E-state index in [1.54, 1.807) is 14.0 Å². The fourth-order valence-electron chi connectivity index (χ4n) is 5.26. The van der Waals surface area contributed by atoms with Crippen LogP contribution in [0.1, 0.15) is 11.1 Å². The predicted octanol–water partition coefficient (Wildman–Crippen LogP) is 7.89. The zero-order chi connectivity index (χ0) is 32.3. The minimum atomic E-state index is 0.771. The standard InChI is InChI=1S/C38H27N9S/c48-35-22-10-28(11-23-35)7-6-27-8-12-29(13-9-27)36-25-46(43-39-36)33-18-20-34(21-19-33)47-26-38(41-44-47)31-16-14-30(15-17-31)37-24-45(42-40-37)32-4-2-1-3-5-32/h1-26,48H/b7-6+. The highest BCUT2D eigenvalue weighted by Gasteiger charge is 2.10. The maximum Gasteiger partial charge on any atom is 0.113 e. The molecule has 0 saturated heterocycles. The Morgan fingerprint density at radius 1 is 0.396 bits per heavy atom. The number of para-hydroxylation sites is 1. The smallest absolute Gasteiger partial charge is 0.113 e. The van der Waals surface area contributed by atoms with E-state index >= 15 is 0 Å². The predicted molar refractivity (Wildman–Crippen MR) is 190 cm³/mol. The van der Waals surface area contributed by atoms with Gasteiger partial charge in [-0.2, -0.15) is 0 Å². The third kappa shape index (κ3) is 6.20. The van der Waals surface area contributed by atoms with E-state index in [9.17, 15) is 0 Å². The van der Waals surface area contributed by atoms with Gasteiger partial charge >= 0.3 is 0 Å². The van der Waals surface area contributed by atoms with Crippen molar-refractivity contribution in [3.8, 4) is 50.8 Å². The second-order valence-corrected chi connectivity index (χ2v) is 11.6. The molecule has 0 atom stereocenters. The average molecular weight is 642 g/mol. The molecule has 0 fully saturated rings. The quantitative estimate of drug-likeness (QED) is 0.134. The molecule has 3 heterocycles. The largest absolute Gasteiger partial charge is 0.220 e. The van der Waals surface area contributed by atoms with Gasteiger partial charge in [0.25, 0.3) is 0 Å². The number of aromatic nitrogens is 9. The fourth-order valence-corrected chi connectivity index (χ4v) is 5.41. The first-order chi connectivity index (χ1) is 23.6. The fraction of sp³-hybridized carbons (Fsp3) is 0. The van der Waals surface area contributed by atoms with E-state index in [4.69, 9.17) is 0 Å². The van der Waals surface area contributed by atoms with Gasteiger partial charge in [-0.15, -0.1) is 27.9 Å². The molecule has 0 amide bonds. The lowest BCUT2D eigenvalue weighted by molar-refractivity contribution is 0.792. The number of rotatable bonds is 8. The summed E-state index contributed by atoms with van der Waals surface area (Å²) in [5.74, 6) is 0. The summed E-state index contributed by atoms with van der Waals surface area (Å²) >= 11 is 4.34. The van der Waals surface area contributed by atoms with Crippen molar-refractivity contribution >= 4 is 24.8 Å². The normalized spacial score (nSPS) is 11.4. The molecule has 8 rings (SSSR count). The Morgan fingerprint density at radius 3 is 1.17 bits per heavy atom. The molecule has 5 aromatic carbocycles. The summed E-state index contributed by atoms with van der Waals surface area (Å²) in [5, 5.41) is 26.1. The van der Waals surface area contributed by atoms with Gasteiger partial charge in [-0.3, -0.25) is 0 Å². The Kier molecular flexibility index (Phi) is 7.73. The van der Waals surface area contributed by atoms with Crippen LogP contribution in [-0.2, 0) is 0 Å². The minimum Gasteiger partial charge on any atom is -0.220 e. The van der Waals surface area contributed by atoms with Crippen molar-refractivity contribution in [2.75, 3.05) is 0 Å². The van der Waals surface area contributed by atoms with Gasteiger partial charge < -0.3 is 0 Å². The van der Waals surface area contributed by atoms with E-state index < -0.39 is 0 Å². The monoisotopic (exact) mass is 641 g/mol. The van der Waals surface area contributed by atoms with Crippen molar-refractivity contribution in [1.82, 2.24) is 45.0 Å². The first-order valence-electron chi connectivity index (χ1n) is 15.3. The summed E-state index contributed by atoms with van der Waals surface area (Å²) in [4.78, 5) is 0.951. The lowest BCUT2D eigenvalue weighted by Gasteiger charge is -2.03. The van der Waals surface area contributed by atoms with Crippen LogP contribution < -0.4 is 0 Å². The van der Waals surface area contributed by atoms with E-state index in [0.717, 1.165) is 66.9 Å². The Balaban J connectivity index is 0.924. The van der Waals surface area contributed by atoms with Crippen molar-refractivity contribution in [1.29, 1.82) is 0 Å². The zero-order valence-corrected chi connectivity index (χ0v) is 26.4. The Morgan fingerprint density at radius 2 is 0.750 bits per heavy atom. The summed E-state index contributed by atoms with van der Waals surface area (Å²) in [6.45, 7) is 0. The van der Waals surface area contributed by atoms with E-state index in [1.165, 1.54) is 0 Å². The van der Waals surface area contributed by atoms with E-state index in [0.29, 0.717) is 0 Å². The van der Waals surface area contributed by atoms with Gasteiger partial charge in [0.1, 0.15) is 17.1 Å². The lowest BCUT2D eigenvalue weighted by atomic mass is 10.1. The van der Waals surface area contributed by atoms with Crippen LogP contribution in [0.15, 0.2) is 151 Å². The van der Waals surface area contributed by atoms with Gasteiger partial charge in [0.05, 0.1) is 35.7 Å². The summed E-state index contributed by atoms with van der Waals surface area (Å²) in [6, 6.07) is 42.3. The Labute approximate surface area is 281 Å². The topological polar surface area (TPSA) is 92.1 Å². The molecule has 10 heteroatoms. The van der Waals surface area contributed by atoms with Crippen LogP contribution in [0.4, 0.5) is 0 Å². The molecule has 0 radical (unpaired) electrons. The van der Waals surface area contributed by atoms with E-state index in [-0.39, 0.29) is 0 Å². The van der Waals surface area contributed by atoms with Gasteiger partial charge in [0, 0.05) is 21.6 Å². The molecule has 48 heavy (non-hydrogen) atoms. The van der Waals surface area contributed by atoms with Gasteiger partial charge in [-0.1, -0.05) is 107 Å². The number of hydrogen-bond donors (Lipinski definition) is 1. The molecule has 230 valence electrons. The second kappa shape index (κ2) is 12.8. The highest BCUT2D eigenvalue weighted by Crippen LogP contribution is 2.24. The molecule has 9 nitrogen and oxygen atoms in total. The second-order valence-electron chi connectivity index (χ2n) is 11.1. The SMILES string of the molecule is Sc1ccc(/C=C/c2ccc(-c3cn(-c4ccc(-n5cc(-c6ccc(-c7cn(-c8ccccc8)nn7)cc6)nn5)cc4)nn3)cc2)cc1. The summed E-state index contributed by atoms with van der Waals surface area (Å²) < 4.78 is 5.30. The maximum atomic E-state index is 4.41. The third-order valence-corrected chi connectivity index (χ3v) is 8.22. The molecule has 8 aromatic rings. The Hall–Kier alpha value is -6.39. The molecule has 0 aliphatic heterocycles. The molecule has 0 saturated carbocycles. The summed E-state index contributed by atoms with van der Waals surface area (Å²) in [5.41, 5.74) is 10.3. The maximum absolute atomic E-state index is 4.41. The molecule has 0 aliphatic carbocycles. The van der Waals surface area contributed by atoms with E-state index in [1.807, 2.05) is 122 Å². The molecule has 0 aliphatic rings. The first-order valence-corrected chi connectivity index (χ1v) is 15.7. The molecule has 0 N–H and O–H groups in total. The van der Waals surface area contributed by atoms with Gasteiger partial charge in [-0.05, 0) is 59.7 Å². The van der Waals surface area contributed by atoms with Crippen LogP contribution in [0, 0.1) is 0 Å². The van der Waals surface area contributed by atoms with Gasteiger partial charge in [0.15, 0.2) is 0 Å². The molecule has 3 aromatic heterocycles. The van der Waals surface area contributed by atoms with Crippen molar-refractivity contribution in [2.24, 2.45) is 0 Å². The third-order valence-electron chi connectivity index (χ3n) is 7.92. The Bertz CT molecular complexity index is 2320.